The van der Waals surface area contributed by atoms with Crippen molar-refractivity contribution in [2.45, 2.75) is 12.5 Å². The number of benzene rings is 2. The maximum Gasteiger partial charge on any atom is 0.264 e. The van der Waals surface area contributed by atoms with E-state index < -0.39 is 0 Å². The number of amides is 1. The first kappa shape index (κ1) is 20.1. The van der Waals surface area contributed by atoms with E-state index in [-0.39, 0.29) is 5.91 Å². The van der Waals surface area contributed by atoms with Gasteiger partial charge in [0.1, 0.15) is 0 Å². The fourth-order valence-electron chi connectivity index (χ4n) is 4.30. The largest absolute Gasteiger partial charge is 0.380 e. The molecule has 1 N–H and O–H groups in total. The van der Waals surface area contributed by atoms with E-state index >= 15 is 0 Å². The second kappa shape index (κ2) is 9.12. The Balaban J connectivity index is 1.36. The van der Waals surface area contributed by atoms with Gasteiger partial charge in [0, 0.05) is 43.5 Å². The van der Waals surface area contributed by atoms with E-state index in [1.807, 2.05) is 29.2 Å². The predicted molar refractivity (Wildman–Crippen MR) is 127 cm³/mol. The summed E-state index contributed by atoms with van der Waals surface area (Å²) in [6.45, 7) is 4.71. The average Bonchev–Trinajstić information content (AvgIpc) is 3.48. The molecule has 2 aromatic carbocycles. The molecule has 2 aliphatic rings. The SMILES string of the molecule is O=C(c1cc(-c2ccccc2)c(N2CCOCC2)s1)N1CCC(Nc2ccccc2)C1. The highest BCUT2D eigenvalue weighted by atomic mass is 32.1. The van der Waals surface area contributed by atoms with Crippen molar-refractivity contribution < 1.29 is 9.53 Å². The zero-order chi connectivity index (χ0) is 21.0. The van der Waals surface area contributed by atoms with Crippen LogP contribution in [0.3, 0.4) is 0 Å². The van der Waals surface area contributed by atoms with Crippen molar-refractivity contribution in [3.05, 3.63) is 71.6 Å². The summed E-state index contributed by atoms with van der Waals surface area (Å²) >= 11 is 1.62. The van der Waals surface area contributed by atoms with Crippen LogP contribution in [-0.2, 0) is 4.74 Å². The van der Waals surface area contributed by atoms with Crippen molar-refractivity contribution in [2.24, 2.45) is 0 Å². The normalized spacial score (nSPS) is 18.9. The Morgan fingerprint density at radius 2 is 1.68 bits per heavy atom. The van der Waals surface area contributed by atoms with E-state index in [0.29, 0.717) is 6.04 Å². The van der Waals surface area contributed by atoms with E-state index in [9.17, 15) is 4.79 Å². The number of carbonyl (C=O) groups is 1. The number of likely N-dealkylation sites (tertiary alicyclic amines) is 1. The smallest absolute Gasteiger partial charge is 0.264 e. The molecule has 1 unspecified atom stereocenters. The van der Waals surface area contributed by atoms with E-state index in [1.165, 1.54) is 5.00 Å². The third-order valence-electron chi connectivity index (χ3n) is 5.93. The summed E-state index contributed by atoms with van der Waals surface area (Å²) < 4.78 is 5.54. The molecule has 1 amide bonds. The molecular formula is C25H27N3O2S. The van der Waals surface area contributed by atoms with Crippen molar-refractivity contribution in [1.82, 2.24) is 4.90 Å². The van der Waals surface area contributed by atoms with Crippen LogP contribution in [0.4, 0.5) is 10.7 Å². The molecule has 160 valence electrons. The number of hydrogen-bond donors (Lipinski definition) is 1. The monoisotopic (exact) mass is 433 g/mol. The molecule has 5 rings (SSSR count). The number of para-hydroxylation sites is 1. The van der Waals surface area contributed by atoms with E-state index in [4.69, 9.17) is 4.74 Å². The number of anilines is 2. The van der Waals surface area contributed by atoms with Gasteiger partial charge in [0.2, 0.25) is 0 Å². The summed E-state index contributed by atoms with van der Waals surface area (Å²) in [5, 5.41) is 4.74. The second-order valence-electron chi connectivity index (χ2n) is 8.04. The summed E-state index contributed by atoms with van der Waals surface area (Å²) in [4.78, 5) is 18.6. The fraction of sp³-hybridized carbons (Fsp3) is 0.320. The maximum absolute atomic E-state index is 13.4. The van der Waals surface area contributed by atoms with Gasteiger partial charge in [-0.15, -0.1) is 11.3 Å². The lowest BCUT2D eigenvalue weighted by Gasteiger charge is -2.28. The number of morpholine rings is 1. The van der Waals surface area contributed by atoms with Crippen molar-refractivity contribution in [1.29, 1.82) is 0 Å². The summed E-state index contributed by atoms with van der Waals surface area (Å²) in [5.41, 5.74) is 3.41. The maximum atomic E-state index is 13.4. The van der Waals surface area contributed by atoms with Gasteiger partial charge in [-0.25, -0.2) is 0 Å². The zero-order valence-electron chi connectivity index (χ0n) is 17.5. The Morgan fingerprint density at radius 3 is 2.42 bits per heavy atom. The standard InChI is InChI=1S/C25H27N3O2S/c29-24(28-12-11-21(18-28)26-20-9-5-2-6-10-20)23-17-22(19-7-3-1-4-8-19)25(31-23)27-13-15-30-16-14-27/h1-10,17,21,26H,11-16,18H2. The summed E-state index contributed by atoms with van der Waals surface area (Å²) in [6, 6.07) is 23.0. The van der Waals surface area contributed by atoms with Crippen LogP contribution in [0.15, 0.2) is 66.7 Å². The molecule has 5 nitrogen and oxygen atoms in total. The van der Waals surface area contributed by atoms with Gasteiger partial charge in [-0.3, -0.25) is 4.79 Å². The zero-order valence-corrected chi connectivity index (χ0v) is 18.3. The molecule has 0 aliphatic carbocycles. The van der Waals surface area contributed by atoms with Crippen LogP contribution in [0.1, 0.15) is 16.1 Å². The van der Waals surface area contributed by atoms with Crippen LogP contribution in [-0.4, -0.2) is 56.2 Å². The Kier molecular flexibility index (Phi) is 5.91. The third-order valence-corrected chi connectivity index (χ3v) is 7.11. The molecule has 0 radical (unpaired) electrons. The minimum atomic E-state index is 0.138. The van der Waals surface area contributed by atoms with Gasteiger partial charge in [0.25, 0.3) is 5.91 Å². The van der Waals surface area contributed by atoms with E-state index in [0.717, 1.165) is 67.5 Å². The molecule has 2 aliphatic heterocycles. The fourth-order valence-corrected chi connectivity index (χ4v) is 5.50. The Morgan fingerprint density at radius 1 is 0.968 bits per heavy atom. The van der Waals surface area contributed by atoms with Gasteiger partial charge < -0.3 is 19.9 Å². The van der Waals surface area contributed by atoms with Crippen LogP contribution >= 0.6 is 11.3 Å². The molecule has 31 heavy (non-hydrogen) atoms. The second-order valence-corrected chi connectivity index (χ2v) is 9.07. The van der Waals surface area contributed by atoms with Crippen molar-refractivity contribution >= 4 is 27.9 Å². The number of hydrogen-bond acceptors (Lipinski definition) is 5. The molecule has 3 heterocycles. The number of nitrogens with zero attached hydrogens (tertiary/aromatic N) is 2. The van der Waals surface area contributed by atoms with Crippen LogP contribution < -0.4 is 10.2 Å². The first-order valence-corrected chi connectivity index (χ1v) is 11.7. The van der Waals surface area contributed by atoms with Crippen molar-refractivity contribution in [2.75, 3.05) is 49.6 Å². The van der Waals surface area contributed by atoms with Crippen LogP contribution in [0.25, 0.3) is 11.1 Å². The summed E-state index contributed by atoms with van der Waals surface area (Å²) in [5.74, 6) is 0.138. The molecule has 2 saturated heterocycles. The van der Waals surface area contributed by atoms with Crippen LogP contribution in [0, 0.1) is 0 Å². The van der Waals surface area contributed by atoms with Crippen LogP contribution in [0.2, 0.25) is 0 Å². The lowest BCUT2D eigenvalue weighted by Crippen LogP contribution is -2.35. The van der Waals surface area contributed by atoms with Gasteiger partial charge in [-0.1, -0.05) is 48.5 Å². The highest BCUT2D eigenvalue weighted by molar-refractivity contribution is 7.18. The first-order chi connectivity index (χ1) is 15.3. The molecule has 6 heteroatoms. The first-order valence-electron chi connectivity index (χ1n) is 10.9. The molecule has 0 bridgehead atoms. The van der Waals surface area contributed by atoms with E-state index in [2.05, 4.69) is 52.7 Å². The highest BCUT2D eigenvalue weighted by Gasteiger charge is 2.29. The highest BCUT2D eigenvalue weighted by Crippen LogP contribution is 2.40. The molecular weight excluding hydrogens is 406 g/mol. The van der Waals surface area contributed by atoms with Crippen molar-refractivity contribution in [3.8, 4) is 11.1 Å². The molecule has 0 saturated carbocycles. The Hall–Kier alpha value is -2.83. The molecule has 1 atom stereocenters. The van der Waals surface area contributed by atoms with E-state index in [1.54, 1.807) is 11.3 Å². The lowest BCUT2D eigenvalue weighted by atomic mass is 10.1. The van der Waals surface area contributed by atoms with Crippen LogP contribution in [0.5, 0.6) is 0 Å². The summed E-state index contributed by atoms with van der Waals surface area (Å²) in [6.07, 6.45) is 0.966. The number of rotatable bonds is 5. The van der Waals surface area contributed by atoms with Crippen molar-refractivity contribution in [3.63, 3.8) is 0 Å². The number of carbonyl (C=O) groups excluding carboxylic acids is 1. The summed E-state index contributed by atoms with van der Waals surface area (Å²) in [7, 11) is 0. The quantitative estimate of drug-likeness (QED) is 0.640. The number of nitrogens with one attached hydrogen (secondary N) is 1. The minimum Gasteiger partial charge on any atom is -0.380 e. The predicted octanol–water partition coefficient (Wildman–Crippen LogP) is 4.58. The molecule has 3 aromatic rings. The topological polar surface area (TPSA) is 44.8 Å². The third kappa shape index (κ3) is 4.45. The Bertz CT molecular complexity index is 1020. The van der Waals surface area contributed by atoms with Gasteiger partial charge in [-0.05, 0) is 30.2 Å². The molecule has 1 aromatic heterocycles. The number of ether oxygens (including phenoxy) is 1. The van der Waals surface area contributed by atoms with Gasteiger partial charge in [-0.2, -0.15) is 0 Å². The molecule has 0 spiro atoms. The van der Waals surface area contributed by atoms with Gasteiger partial charge in [0.15, 0.2) is 0 Å². The Labute approximate surface area is 187 Å². The van der Waals surface area contributed by atoms with Gasteiger partial charge in [0.05, 0.1) is 23.1 Å². The minimum absolute atomic E-state index is 0.138. The molecule has 2 fully saturated rings. The lowest BCUT2D eigenvalue weighted by molar-refractivity contribution is 0.0796. The van der Waals surface area contributed by atoms with Gasteiger partial charge >= 0.3 is 0 Å². The average molecular weight is 434 g/mol. The number of thiophene rings is 1.